The van der Waals surface area contributed by atoms with Gasteiger partial charge in [-0.3, -0.25) is 0 Å². The van der Waals surface area contributed by atoms with Crippen LogP contribution in [-0.2, 0) is 4.74 Å². The first-order valence-corrected chi connectivity index (χ1v) is 6.80. The van der Waals surface area contributed by atoms with E-state index in [-0.39, 0.29) is 0 Å². The van der Waals surface area contributed by atoms with Gasteiger partial charge in [-0.2, -0.15) is 4.98 Å². The van der Waals surface area contributed by atoms with Crippen molar-refractivity contribution in [3.63, 3.8) is 0 Å². The first kappa shape index (κ1) is 12.8. The van der Waals surface area contributed by atoms with Gasteiger partial charge < -0.3 is 15.4 Å². The number of hydrogen-bond donors (Lipinski definition) is 1. The highest BCUT2D eigenvalue weighted by atomic mass is 127. The second kappa shape index (κ2) is 5.34. The Labute approximate surface area is 115 Å². The average Bonchev–Trinajstić information content (AvgIpc) is 2.32. The maximum atomic E-state index is 5.67. The number of anilines is 2. The smallest absolute Gasteiger partial charge is 0.221 e. The lowest BCUT2D eigenvalue weighted by atomic mass is 10.0. The molecule has 2 rings (SSSR count). The van der Waals surface area contributed by atoms with Crippen LogP contribution in [0.15, 0.2) is 6.20 Å². The number of ether oxygens (including phenoxy) is 1. The summed E-state index contributed by atoms with van der Waals surface area (Å²) in [7, 11) is 0. The minimum absolute atomic E-state index is 0.328. The number of rotatable bonds is 2. The van der Waals surface area contributed by atoms with Gasteiger partial charge in [-0.1, -0.05) is 13.8 Å². The fourth-order valence-corrected chi connectivity index (χ4v) is 2.58. The zero-order valence-corrected chi connectivity index (χ0v) is 12.2. The summed E-state index contributed by atoms with van der Waals surface area (Å²) in [5.74, 6) is 1.77. The third kappa shape index (κ3) is 2.79. The van der Waals surface area contributed by atoms with Crippen molar-refractivity contribution < 1.29 is 4.74 Å². The quantitative estimate of drug-likeness (QED) is 0.822. The van der Waals surface area contributed by atoms with Gasteiger partial charge in [-0.15, -0.1) is 0 Å². The van der Waals surface area contributed by atoms with E-state index in [1.54, 1.807) is 6.20 Å². The first-order chi connectivity index (χ1) is 8.09. The molecular formula is C11H17IN4O. The Morgan fingerprint density at radius 1 is 1.59 bits per heavy atom. The van der Waals surface area contributed by atoms with Crippen molar-refractivity contribution in [2.45, 2.75) is 19.9 Å². The van der Waals surface area contributed by atoms with Gasteiger partial charge in [-0.05, 0) is 28.5 Å². The molecule has 1 fully saturated rings. The number of nitrogens with zero attached hydrogens (tertiary/aromatic N) is 3. The van der Waals surface area contributed by atoms with E-state index in [4.69, 9.17) is 10.5 Å². The van der Waals surface area contributed by atoms with Crippen LogP contribution in [0.25, 0.3) is 0 Å². The summed E-state index contributed by atoms with van der Waals surface area (Å²) in [6, 6.07) is 0.353. The molecule has 0 spiro atoms. The van der Waals surface area contributed by atoms with Crippen molar-refractivity contribution >= 4 is 34.4 Å². The van der Waals surface area contributed by atoms with Crippen molar-refractivity contribution in [2.75, 3.05) is 30.4 Å². The average molecular weight is 348 g/mol. The summed E-state index contributed by atoms with van der Waals surface area (Å²) < 4.78 is 6.58. The van der Waals surface area contributed by atoms with Crippen LogP contribution in [-0.4, -0.2) is 35.8 Å². The van der Waals surface area contributed by atoms with Crippen LogP contribution in [0.1, 0.15) is 13.8 Å². The molecule has 5 nitrogen and oxygen atoms in total. The van der Waals surface area contributed by atoms with Gasteiger partial charge in [0, 0.05) is 12.7 Å². The highest BCUT2D eigenvalue weighted by Gasteiger charge is 2.28. The van der Waals surface area contributed by atoms with Crippen molar-refractivity contribution in [3.05, 3.63) is 9.77 Å². The molecular weight excluding hydrogens is 331 g/mol. The number of nitrogens with two attached hydrogens (primary N) is 1. The van der Waals surface area contributed by atoms with Crippen LogP contribution < -0.4 is 10.6 Å². The molecule has 0 aromatic carbocycles. The Morgan fingerprint density at radius 2 is 2.35 bits per heavy atom. The van der Waals surface area contributed by atoms with Crippen LogP contribution in [0, 0.1) is 9.49 Å². The molecule has 1 unspecified atom stereocenters. The summed E-state index contributed by atoms with van der Waals surface area (Å²) >= 11 is 2.25. The van der Waals surface area contributed by atoms with Crippen molar-refractivity contribution in [2.24, 2.45) is 5.92 Å². The van der Waals surface area contributed by atoms with Gasteiger partial charge in [0.25, 0.3) is 0 Å². The monoisotopic (exact) mass is 348 g/mol. The van der Waals surface area contributed by atoms with E-state index in [2.05, 4.69) is 51.3 Å². The molecule has 1 saturated heterocycles. The Kier molecular flexibility index (Phi) is 4.03. The zero-order chi connectivity index (χ0) is 12.4. The minimum Gasteiger partial charge on any atom is -0.377 e. The Morgan fingerprint density at radius 3 is 3.06 bits per heavy atom. The molecule has 1 aromatic rings. The predicted molar refractivity (Wildman–Crippen MR) is 76.0 cm³/mol. The standard InChI is InChI=1S/C11H17IN4O/c1-7(2)9-6-17-4-3-16(9)10-8(12)5-14-11(13)15-10/h5,7,9H,3-4,6H2,1-2H3,(H2,13,14,15). The summed E-state index contributed by atoms with van der Waals surface area (Å²) in [6.45, 7) is 6.74. The topological polar surface area (TPSA) is 64.3 Å². The third-order valence-electron chi connectivity index (χ3n) is 2.95. The number of halogens is 1. The molecule has 6 heteroatoms. The fraction of sp³-hybridized carbons (Fsp3) is 0.636. The van der Waals surface area contributed by atoms with Crippen LogP contribution in [0.2, 0.25) is 0 Å². The lowest BCUT2D eigenvalue weighted by Gasteiger charge is -2.39. The number of hydrogen-bond acceptors (Lipinski definition) is 5. The van der Waals surface area contributed by atoms with Crippen LogP contribution in [0.3, 0.4) is 0 Å². The maximum absolute atomic E-state index is 5.67. The minimum atomic E-state index is 0.328. The van der Waals surface area contributed by atoms with E-state index in [0.29, 0.717) is 17.9 Å². The normalized spacial score (nSPS) is 20.9. The molecule has 1 aliphatic rings. The summed E-state index contributed by atoms with van der Waals surface area (Å²) in [4.78, 5) is 10.6. The Hall–Kier alpha value is -0.630. The van der Waals surface area contributed by atoms with Crippen molar-refractivity contribution in [1.29, 1.82) is 0 Å². The van der Waals surface area contributed by atoms with Gasteiger partial charge in [0.1, 0.15) is 5.82 Å². The maximum Gasteiger partial charge on any atom is 0.221 e. The van der Waals surface area contributed by atoms with Crippen LogP contribution >= 0.6 is 22.6 Å². The SMILES string of the molecule is CC(C)C1COCCN1c1nc(N)ncc1I. The van der Waals surface area contributed by atoms with Crippen molar-refractivity contribution in [3.8, 4) is 0 Å². The van der Waals surface area contributed by atoms with Gasteiger partial charge >= 0.3 is 0 Å². The molecule has 0 amide bonds. The molecule has 2 heterocycles. The van der Waals surface area contributed by atoms with E-state index in [0.717, 1.165) is 29.1 Å². The van der Waals surface area contributed by atoms with Gasteiger partial charge in [0.05, 0.1) is 22.8 Å². The lowest BCUT2D eigenvalue weighted by molar-refractivity contribution is 0.0801. The van der Waals surface area contributed by atoms with Gasteiger partial charge in [0.2, 0.25) is 5.95 Å². The zero-order valence-electron chi connectivity index (χ0n) is 10.1. The van der Waals surface area contributed by atoms with Gasteiger partial charge in [0.15, 0.2) is 0 Å². The largest absolute Gasteiger partial charge is 0.377 e. The van der Waals surface area contributed by atoms with Gasteiger partial charge in [-0.25, -0.2) is 4.98 Å². The van der Waals surface area contributed by atoms with Crippen LogP contribution in [0.4, 0.5) is 11.8 Å². The van der Waals surface area contributed by atoms with E-state index < -0.39 is 0 Å². The third-order valence-corrected chi connectivity index (χ3v) is 3.71. The Balaban J connectivity index is 2.32. The van der Waals surface area contributed by atoms with E-state index >= 15 is 0 Å². The molecule has 1 aliphatic heterocycles. The second-order valence-corrected chi connectivity index (χ2v) is 5.64. The predicted octanol–water partition coefficient (Wildman–Crippen LogP) is 1.52. The molecule has 17 heavy (non-hydrogen) atoms. The van der Waals surface area contributed by atoms with Crippen LogP contribution in [0.5, 0.6) is 0 Å². The molecule has 0 saturated carbocycles. The molecule has 0 radical (unpaired) electrons. The van der Waals surface area contributed by atoms with Crippen molar-refractivity contribution in [1.82, 2.24) is 9.97 Å². The second-order valence-electron chi connectivity index (χ2n) is 4.48. The number of aromatic nitrogens is 2. The number of morpholine rings is 1. The number of nitrogen functional groups attached to an aromatic ring is 1. The summed E-state index contributed by atoms with van der Waals surface area (Å²) in [5, 5.41) is 0. The Bertz CT molecular complexity index is 399. The van der Waals surface area contributed by atoms with E-state index in [1.165, 1.54) is 0 Å². The molecule has 0 aliphatic carbocycles. The lowest BCUT2D eigenvalue weighted by Crippen LogP contribution is -2.49. The van der Waals surface area contributed by atoms with E-state index in [1.807, 2.05) is 0 Å². The molecule has 0 bridgehead atoms. The molecule has 94 valence electrons. The molecule has 1 aromatic heterocycles. The summed E-state index contributed by atoms with van der Waals surface area (Å²) in [5.41, 5.74) is 5.67. The fourth-order valence-electron chi connectivity index (χ4n) is 2.01. The molecule has 1 atom stereocenters. The summed E-state index contributed by atoms with van der Waals surface area (Å²) in [6.07, 6.45) is 1.77. The van der Waals surface area contributed by atoms with E-state index in [9.17, 15) is 0 Å². The molecule has 2 N–H and O–H groups in total. The highest BCUT2D eigenvalue weighted by Crippen LogP contribution is 2.26. The highest BCUT2D eigenvalue weighted by molar-refractivity contribution is 14.1. The first-order valence-electron chi connectivity index (χ1n) is 5.72.